The second kappa shape index (κ2) is 3.08. The quantitative estimate of drug-likeness (QED) is 0.527. The third kappa shape index (κ3) is 1.48. The first kappa shape index (κ1) is 6.09. The normalized spacial score (nSPS) is 22.1. The molecule has 0 aliphatic heterocycles. The maximum atomic E-state index is 5.26. The van der Waals surface area contributed by atoms with Crippen LogP contribution in [0.5, 0.6) is 0 Å². The van der Waals surface area contributed by atoms with E-state index in [2.05, 4.69) is 13.3 Å². The van der Waals surface area contributed by atoms with E-state index in [0.717, 1.165) is 6.42 Å². The van der Waals surface area contributed by atoms with Gasteiger partial charge in [-0.15, -0.1) is 0 Å². The molecule has 0 spiro atoms. The molecule has 1 aliphatic rings. The fourth-order valence-corrected chi connectivity index (χ4v) is 1.04. The lowest BCUT2D eigenvalue weighted by molar-refractivity contribution is 0.0808. The zero-order valence-electron chi connectivity index (χ0n) is 5.10. The van der Waals surface area contributed by atoms with Gasteiger partial charge in [0, 0.05) is 6.61 Å². The Balaban J connectivity index is 2.06. The number of ether oxygens (including phenoxy) is 1. The molecule has 0 heterocycles. The van der Waals surface area contributed by atoms with Crippen molar-refractivity contribution in [3.63, 3.8) is 0 Å². The standard InChI is InChI=1S/C7H12O/c1-2-8-7-5-3-4-6-7/h3,7H,1-2,4-6H2. The Labute approximate surface area is 51.0 Å². The molecule has 1 aliphatic carbocycles. The van der Waals surface area contributed by atoms with Crippen LogP contribution in [0.15, 0.2) is 0 Å². The molecule has 1 atom stereocenters. The molecular formula is C7H12O. The van der Waals surface area contributed by atoms with E-state index in [1.807, 2.05) is 0 Å². The predicted octanol–water partition coefficient (Wildman–Crippen LogP) is 1.59. The summed E-state index contributed by atoms with van der Waals surface area (Å²) < 4.78 is 5.26. The molecule has 0 aromatic heterocycles. The van der Waals surface area contributed by atoms with Crippen LogP contribution < -0.4 is 0 Å². The zero-order chi connectivity index (χ0) is 5.82. The van der Waals surface area contributed by atoms with Crippen LogP contribution in [0.4, 0.5) is 0 Å². The van der Waals surface area contributed by atoms with Crippen molar-refractivity contribution in [2.75, 3.05) is 6.61 Å². The summed E-state index contributed by atoms with van der Waals surface area (Å²) in [4.78, 5) is 0. The Kier molecular flexibility index (Phi) is 2.34. The van der Waals surface area contributed by atoms with Crippen molar-refractivity contribution in [2.45, 2.75) is 25.4 Å². The summed E-state index contributed by atoms with van der Waals surface area (Å²) in [6.07, 6.45) is 6.34. The molecule has 2 radical (unpaired) electrons. The third-order valence-electron chi connectivity index (χ3n) is 1.48. The SMILES string of the molecule is [CH2]COC1C[CH]CC1. The highest BCUT2D eigenvalue weighted by atomic mass is 16.5. The molecule has 1 unspecified atom stereocenters. The van der Waals surface area contributed by atoms with Gasteiger partial charge < -0.3 is 4.74 Å². The fourth-order valence-electron chi connectivity index (χ4n) is 1.04. The maximum absolute atomic E-state index is 5.26. The molecule has 1 rings (SSSR count). The fraction of sp³-hybridized carbons (Fsp3) is 0.714. The summed E-state index contributed by atoms with van der Waals surface area (Å²) in [6, 6.07) is 0. The van der Waals surface area contributed by atoms with Gasteiger partial charge in [-0.1, -0.05) is 0 Å². The van der Waals surface area contributed by atoms with E-state index in [1.54, 1.807) is 0 Å². The topological polar surface area (TPSA) is 9.23 Å². The average molecular weight is 112 g/mol. The Hall–Kier alpha value is -0.0400. The maximum Gasteiger partial charge on any atom is 0.0578 e. The van der Waals surface area contributed by atoms with E-state index >= 15 is 0 Å². The molecule has 1 fully saturated rings. The van der Waals surface area contributed by atoms with Crippen LogP contribution in [0.25, 0.3) is 0 Å². The molecule has 0 amide bonds. The van der Waals surface area contributed by atoms with Crippen LogP contribution in [0, 0.1) is 13.3 Å². The summed E-state index contributed by atoms with van der Waals surface area (Å²) >= 11 is 0. The Morgan fingerprint density at radius 2 is 2.62 bits per heavy atom. The minimum absolute atomic E-state index is 0.493. The Morgan fingerprint density at radius 3 is 3.12 bits per heavy atom. The van der Waals surface area contributed by atoms with Crippen molar-refractivity contribution >= 4 is 0 Å². The van der Waals surface area contributed by atoms with Gasteiger partial charge in [-0.05, 0) is 32.6 Å². The first-order valence-electron chi connectivity index (χ1n) is 3.16. The monoisotopic (exact) mass is 112 g/mol. The van der Waals surface area contributed by atoms with E-state index in [4.69, 9.17) is 4.74 Å². The first-order valence-corrected chi connectivity index (χ1v) is 3.16. The van der Waals surface area contributed by atoms with E-state index in [1.165, 1.54) is 12.8 Å². The van der Waals surface area contributed by atoms with Crippen LogP contribution in [-0.4, -0.2) is 12.7 Å². The van der Waals surface area contributed by atoms with E-state index in [-0.39, 0.29) is 0 Å². The van der Waals surface area contributed by atoms with Crippen molar-refractivity contribution in [3.05, 3.63) is 13.3 Å². The average Bonchev–Trinajstić information content (AvgIpc) is 2.19. The van der Waals surface area contributed by atoms with Crippen molar-refractivity contribution in [1.82, 2.24) is 0 Å². The van der Waals surface area contributed by atoms with Gasteiger partial charge in [0.05, 0.1) is 6.10 Å². The van der Waals surface area contributed by atoms with E-state index in [0.29, 0.717) is 12.7 Å². The lowest BCUT2D eigenvalue weighted by Crippen LogP contribution is -2.06. The minimum Gasteiger partial charge on any atom is -0.378 e. The highest BCUT2D eigenvalue weighted by molar-refractivity contribution is 4.80. The van der Waals surface area contributed by atoms with Gasteiger partial charge in [-0.3, -0.25) is 0 Å². The van der Waals surface area contributed by atoms with Crippen LogP contribution in [0.1, 0.15) is 19.3 Å². The van der Waals surface area contributed by atoms with Gasteiger partial charge in [0.15, 0.2) is 0 Å². The van der Waals surface area contributed by atoms with Crippen LogP contribution in [0.3, 0.4) is 0 Å². The van der Waals surface area contributed by atoms with Gasteiger partial charge >= 0.3 is 0 Å². The van der Waals surface area contributed by atoms with Crippen molar-refractivity contribution in [2.24, 2.45) is 0 Å². The predicted molar refractivity (Wildman–Crippen MR) is 33.2 cm³/mol. The molecule has 1 saturated carbocycles. The summed E-state index contributed by atoms with van der Waals surface area (Å²) in [5, 5.41) is 0. The molecule has 46 valence electrons. The summed E-state index contributed by atoms with van der Waals surface area (Å²) in [5.74, 6) is 0. The van der Waals surface area contributed by atoms with Crippen LogP contribution in [-0.2, 0) is 4.74 Å². The van der Waals surface area contributed by atoms with Crippen molar-refractivity contribution in [3.8, 4) is 0 Å². The molecule has 0 aromatic carbocycles. The van der Waals surface area contributed by atoms with Gasteiger partial charge in [0.1, 0.15) is 0 Å². The molecule has 0 N–H and O–H groups in total. The summed E-state index contributed by atoms with van der Waals surface area (Å²) in [6.45, 7) is 4.24. The van der Waals surface area contributed by atoms with Crippen molar-refractivity contribution < 1.29 is 4.74 Å². The van der Waals surface area contributed by atoms with E-state index < -0.39 is 0 Å². The lowest BCUT2D eigenvalue weighted by atomic mass is 10.3. The molecule has 0 aromatic rings. The molecular weight excluding hydrogens is 100 g/mol. The second-order valence-corrected chi connectivity index (χ2v) is 2.09. The highest BCUT2D eigenvalue weighted by Crippen LogP contribution is 2.19. The number of rotatable bonds is 2. The molecule has 0 saturated heterocycles. The first-order chi connectivity index (χ1) is 3.93. The van der Waals surface area contributed by atoms with Crippen molar-refractivity contribution in [1.29, 1.82) is 0 Å². The number of hydrogen-bond acceptors (Lipinski definition) is 1. The van der Waals surface area contributed by atoms with Crippen LogP contribution in [0.2, 0.25) is 0 Å². The molecule has 0 bridgehead atoms. The van der Waals surface area contributed by atoms with Gasteiger partial charge in [-0.2, -0.15) is 0 Å². The lowest BCUT2D eigenvalue weighted by Gasteiger charge is -2.06. The Bertz CT molecular complexity index is 55.4. The zero-order valence-corrected chi connectivity index (χ0v) is 5.10. The number of hydrogen-bond donors (Lipinski definition) is 0. The van der Waals surface area contributed by atoms with Gasteiger partial charge in [0.2, 0.25) is 0 Å². The van der Waals surface area contributed by atoms with Gasteiger partial charge in [0.25, 0.3) is 0 Å². The van der Waals surface area contributed by atoms with Crippen LogP contribution >= 0.6 is 0 Å². The van der Waals surface area contributed by atoms with E-state index in [9.17, 15) is 0 Å². The summed E-state index contributed by atoms with van der Waals surface area (Å²) in [7, 11) is 0. The second-order valence-electron chi connectivity index (χ2n) is 2.09. The highest BCUT2D eigenvalue weighted by Gasteiger charge is 2.13. The molecule has 1 heteroatoms. The smallest absolute Gasteiger partial charge is 0.0578 e. The summed E-state index contributed by atoms with van der Waals surface area (Å²) in [5.41, 5.74) is 0. The minimum atomic E-state index is 0.493. The third-order valence-corrected chi connectivity index (χ3v) is 1.48. The molecule has 8 heavy (non-hydrogen) atoms. The van der Waals surface area contributed by atoms with Gasteiger partial charge in [-0.25, -0.2) is 0 Å². The Morgan fingerprint density at radius 1 is 1.75 bits per heavy atom. The molecule has 1 nitrogen and oxygen atoms in total. The largest absolute Gasteiger partial charge is 0.378 e.